The van der Waals surface area contributed by atoms with Gasteiger partial charge in [-0.25, -0.2) is 4.57 Å². The highest BCUT2D eigenvalue weighted by atomic mass is 31.2. The molecule has 0 aromatic heterocycles. The predicted molar refractivity (Wildman–Crippen MR) is 198 cm³/mol. The quantitative estimate of drug-likeness (QED) is 0.0295. The zero-order chi connectivity index (χ0) is 35.4. The molecule has 0 aromatic carbocycles. The molecule has 0 aliphatic heterocycles. The van der Waals surface area contributed by atoms with Gasteiger partial charge in [-0.1, -0.05) is 152 Å². The van der Waals surface area contributed by atoms with E-state index >= 15 is 0 Å². The summed E-state index contributed by atoms with van der Waals surface area (Å²) in [7, 11) is -4.76. The van der Waals surface area contributed by atoms with E-state index in [0.29, 0.717) is 12.8 Å². The molecule has 0 saturated carbocycles. The molecule has 0 aliphatic carbocycles. The minimum Gasteiger partial charge on any atom is -0.462 e. The van der Waals surface area contributed by atoms with E-state index in [9.17, 15) is 14.2 Å². The fourth-order valence-electron chi connectivity index (χ4n) is 5.01. The van der Waals surface area contributed by atoms with Gasteiger partial charge in [-0.05, 0) is 51.4 Å². The number of hydrogen-bond donors (Lipinski definition) is 2. The van der Waals surface area contributed by atoms with Crippen LogP contribution in [0.2, 0.25) is 0 Å². The number of rotatable bonds is 34. The van der Waals surface area contributed by atoms with E-state index in [1.807, 2.05) is 6.08 Å². The van der Waals surface area contributed by atoms with E-state index in [1.54, 1.807) is 0 Å². The minimum absolute atomic E-state index is 0.191. The van der Waals surface area contributed by atoms with E-state index in [1.165, 1.54) is 83.5 Å². The van der Waals surface area contributed by atoms with Crippen LogP contribution in [0.25, 0.3) is 0 Å². The summed E-state index contributed by atoms with van der Waals surface area (Å²) >= 11 is 0. The third kappa shape index (κ3) is 36.8. The molecule has 9 heteroatoms. The van der Waals surface area contributed by atoms with Gasteiger partial charge in [-0.15, -0.1) is 0 Å². The van der Waals surface area contributed by atoms with Crippen LogP contribution in [0.4, 0.5) is 0 Å². The van der Waals surface area contributed by atoms with Crippen molar-refractivity contribution in [1.82, 2.24) is 0 Å². The fourth-order valence-corrected chi connectivity index (χ4v) is 5.37. The first kappa shape index (κ1) is 46.0. The lowest BCUT2D eigenvalue weighted by Crippen LogP contribution is -2.29. The molecule has 8 nitrogen and oxygen atoms in total. The van der Waals surface area contributed by atoms with E-state index in [0.717, 1.165) is 44.9 Å². The molecule has 0 spiro atoms. The summed E-state index contributed by atoms with van der Waals surface area (Å²) in [5.74, 6) is -0.950. The van der Waals surface area contributed by atoms with Gasteiger partial charge in [-0.2, -0.15) is 0 Å². The van der Waals surface area contributed by atoms with Crippen molar-refractivity contribution >= 4 is 19.8 Å². The van der Waals surface area contributed by atoms with Crippen LogP contribution in [0.5, 0.6) is 0 Å². The lowest BCUT2D eigenvalue weighted by atomic mass is 10.0. The lowest BCUT2D eigenvalue weighted by Gasteiger charge is -2.18. The SMILES string of the molecule is CCCCC/C=C\C/C=C\C/C=C\C/C=C\CCCC(=O)OC[C@H](COP(=O)(O)O)OC(=O)CCCCCCCCCCCCCCC. The Labute approximate surface area is 293 Å². The van der Waals surface area contributed by atoms with Gasteiger partial charge in [0, 0.05) is 12.8 Å². The maximum absolute atomic E-state index is 12.3. The monoisotopic (exact) mass is 696 g/mol. The van der Waals surface area contributed by atoms with E-state index in [2.05, 4.69) is 60.9 Å². The number of ether oxygens (including phenoxy) is 2. The zero-order valence-electron chi connectivity index (χ0n) is 30.4. The average Bonchev–Trinajstić information content (AvgIpc) is 3.05. The van der Waals surface area contributed by atoms with Crippen LogP contribution in [0.3, 0.4) is 0 Å². The molecule has 0 fully saturated rings. The maximum atomic E-state index is 12.3. The Morgan fingerprint density at radius 3 is 1.46 bits per heavy atom. The molecule has 0 aromatic rings. The second kappa shape index (κ2) is 34.9. The smallest absolute Gasteiger partial charge is 0.462 e. The van der Waals surface area contributed by atoms with Crippen LogP contribution in [0, 0.1) is 0 Å². The summed E-state index contributed by atoms with van der Waals surface area (Å²) in [5.41, 5.74) is 0. The Hall–Kier alpha value is -1.99. The topological polar surface area (TPSA) is 119 Å². The third-order valence-corrected chi connectivity index (χ3v) is 8.34. The van der Waals surface area contributed by atoms with Gasteiger partial charge in [-0.3, -0.25) is 14.1 Å². The molecule has 48 heavy (non-hydrogen) atoms. The lowest BCUT2D eigenvalue weighted by molar-refractivity contribution is -0.161. The summed E-state index contributed by atoms with van der Waals surface area (Å²) in [4.78, 5) is 42.6. The number of carbonyl (C=O) groups excluding carboxylic acids is 2. The Kier molecular flexibility index (Phi) is 33.4. The van der Waals surface area contributed by atoms with Crippen molar-refractivity contribution in [2.24, 2.45) is 0 Å². The van der Waals surface area contributed by atoms with Crippen LogP contribution < -0.4 is 0 Å². The molecule has 0 amide bonds. The Morgan fingerprint density at radius 1 is 0.542 bits per heavy atom. The molecule has 0 radical (unpaired) electrons. The summed E-state index contributed by atoms with van der Waals surface area (Å²) in [5, 5.41) is 0. The molecule has 1 atom stereocenters. The second-order valence-electron chi connectivity index (χ2n) is 12.6. The number of unbranched alkanes of at least 4 members (excludes halogenated alkanes) is 16. The summed E-state index contributed by atoms with van der Waals surface area (Å²) in [6, 6.07) is 0. The highest BCUT2D eigenvalue weighted by Gasteiger charge is 2.22. The number of esters is 2. The number of phosphoric ester groups is 1. The molecule has 0 heterocycles. The van der Waals surface area contributed by atoms with Crippen molar-refractivity contribution in [3.8, 4) is 0 Å². The molecule has 0 aliphatic rings. The Bertz CT molecular complexity index is 921. The minimum atomic E-state index is -4.76. The number of carbonyl (C=O) groups is 2. The van der Waals surface area contributed by atoms with Gasteiger partial charge in [0.05, 0.1) is 6.61 Å². The molecular formula is C39H69O8P. The van der Waals surface area contributed by atoms with Crippen LogP contribution in [0.15, 0.2) is 48.6 Å². The van der Waals surface area contributed by atoms with E-state index in [-0.39, 0.29) is 19.4 Å². The van der Waals surface area contributed by atoms with Gasteiger partial charge in [0.25, 0.3) is 0 Å². The molecule has 0 saturated heterocycles. The molecule has 0 unspecified atom stereocenters. The number of allylic oxidation sites excluding steroid dienone is 8. The maximum Gasteiger partial charge on any atom is 0.469 e. The van der Waals surface area contributed by atoms with E-state index in [4.69, 9.17) is 19.3 Å². The summed E-state index contributed by atoms with van der Waals surface area (Å²) < 4.78 is 26.2. The van der Waals surface area contributed by atoms with Crippen molar-refractivity contribution in [1.29, 1.82) is 0 Å². The average molecular weight is 697 g/mol. The van der Waals surface area contributed by atoms with Crippen LogP contribution >= 0.6 is 7.82 Å². The molecule has 0 rings (SSSR count). The molecular weight excluding hydrogens is 627 g/mol. The standard InChI is InChI=1S/C39H69O8P/c1-3-5-7-9-11-13-15-17-18-19-20-22-23-25-27-29-31-33-38(40)45-35-37(36-46-48(42,43)44)47-39(41)34-32-30-28-26-24-21-16-14-12-10-8-6-4-2/h11,13,17-18,20,22,25,27,37H,3-10,12,14-16,19,21,23-24,26,28-36H2,1-2H3,(H2,42,43,44)/b13-11-,18-17-,22-20-,27-25-/t37-/m1/s1. The van der Waals surface area contributed by atoms with Crippen LogP contribution in [-0.2, 0) is 28.2 Å². The number of hydrogen-bond acceptors (Lipinski definition) is 6. The van der Waals surface area contributed by atoms with Gasteiger partial charge < -0.3 is 19.3 Å². The van der Waals surface area contributed by atoms with Crippen molar-refractivity contribution in [2.75, 3.05) is 13.2 Å². The third-order valence-electron chi connectivity index (χ3n) is 7.85. The first-order chi connectivity index (χ1) is 23.3. The normalized spacial score (nSPS) is 13.0. The van der Waals surface area contributed by atoms with Crippen LogP contribution in [0.1, 0.15) is 168 Å². The largest absolute Gasteiger partial charge is 0.469 e. The highest BCUT2D eigenvalue weighted by molar-refractivity contribution is 7.46. The predicted octanol–water partition coefficient (Wildman–Crippen LogP) is 11.2. The summed E-state index contributed by atoms with van der Waals surface area (Å²) in [6.07, 6.45) is 41.2. The highest BCUT2D eigenvalue weighted by Crippen LogP contribution is 2.36. The van der Waals surface area contributed by atoms with Gasteiger partial charge in [0.1, 0.15) is 6.61 Å². The number of phosphoric acid groups is 1. The fraction of sp³-hybridized carbons (Fsp3) is 0.744. The van der Waals surface area contributed by atoms with Gasteiger partial charge in [0.2, 0.25) is 0 Å². The van der Waals surface area contributed by atoms with Crippen molar-refractivity contribution in [2.45, 2.75) is 174 Å². The zero-order valence-corrected chi connectivity index (χ0v) is 31.3. The molecule has 278 valence electrons. The van der Waals surface area contributed by atoms with Gasteiger partial charge >= 0.3 is 19.8 Å². The summed E-state index contributed by atoms with van der Waals surface area (Å²) in [6.45, 7) is 3.59. The van der Waals surface area contributed by atoms with Crippen LogP contribution in [-0.4, -0.2) is 41.0 Å². The first-order valence-electron chi connectivity index (χ1n) is 18.9. The second-order valence-corrected chi connectivity index (χ2v) is 13.8. The molecule has 0 bridgehead atoms. The Morgan fingerprint density at radius 2 is 0.958 bits per heavy atom. The van der Waals surface area contributed by atoms with Gasteiger partial charge in [0.15, 0.2) is 6.10 Å². The van der Waals surface area contributed by atoms with Crippen molar-refractivity contribution in [3.05, 3.63) is 48.6 Å². The van der Waals surface area contributed by atoms with Crippen molar-refractivity contribution in [3.63, 3.8) is 0 Å². The Balaban J connectivity index is 4.07. The first-order valence-corrected chi connectivity index (χ1v) is 20.5. The molecule has 2 N–H and O–H groups in total. The van der Waals surface area contributed by atoms with Crippen molar-refractivity contribution < 1.29 is 37.9 Å². The van der Waals surface area contributed by atoms with E-state index < -0.39 is 32.5 Å².